The fourth-order valence-electron chi connectivity index (χ4n) is 3.14. The van der Waals surface area contributed by atoms with Gasteiger partial charge >= 0.3 is 0 Å². The van der Waals surface area contributed by atoms with Crippen molar-refractivity contribution in [1.82, 2.24) is 9.97 Å². The number of nitrogens with zero attached hydrogens (tertiary/aromatic N) is 5. The summed E-state index contributed by atoms with van der Waals surface area (Å²) in [5.74, 6) is -0.0685. The average Bonchev–Trinajstić information content (AvgIpc) is 2.90. The number of carbonyl (C=O) groups is 1. The van der Waals surface area contributed by atoms with Crippen LogP contribution < -0.4 is 25.7 Å². The van der Waals surface area contributed by atoms with Gasteiger partial charge < -0.3 is 20.7 Å². The van der Waals surface area contributed by atoms with Gasteiger partial charge in [0.15, 0.2) is 0 Å². The van der Waals surface area contributed by atoms with Gasteiger partial charge in [-0.25, -0.2) is 15.0 Å². The molecule has 10 heteroatoms. The van der Waals surface area contributed by atoms with Crippen LogP contribution in [-0.2, 0) is 0 Å². The molecule has 0 bridgehead atoms. The normalized spacial score (nSPS) is 13.3. The molecule has 0 radical (unpaired) electrons. The molecule has 1 amide bonds. The predicted octanol–water partition coefficient (Wildman–Crippen LogP) is 2.82. The van der Waals surface area contributed by atoms with Gasteiger partial charge in [0.1, 0.15) is 24.3 Å². The average molecular weight is 399 g/mol. The molecule has 3 rings (SSSR count). The Hall–Kier alpha value is -3.43. The number of nitrogens with two attached hydrogens (primary N) is 1. The van der Waals surface area contributed by atoms with E-state index in [1.165, 1.54) is 11.3 Å². The third-order valence-corrected chi connectivity index (χ3v) is 4.52. The predicted molar refractivity (Wildman–Crippen MR) is 112 cm³/mol. The lowest BCUT2D eigenvalue weighted by Gasteiger charge is -2.24. The minimum Gasteiger partial charge on any atom is -0.475 e. The van der Waals surface area contributed by atoms with Crippen LogP contribution in [0, 0.1) is 4.91 Å². The summed E-state index contributed by atoms with van der Waals surface area (Å²) in [7, 11) is 0. The van der Waals surface area contributed by atoms with Crippen LogP contribution in [0.5, 0.6) is 5.88 Å². The maximum atomic E-state index is 13.1. The van der Waals surface area contributed by atoms with E-state index in [2.05, 4.69) is 20.6 Å². The lowest BCUT2D eigenvalue weighted by Crippen LogP contribution is -2.33. The maximum absolute atomic E-state index is 13.1. The number of nitrogens with one attached hydrogen (secondary N) is 1. The number of benzene rings is 1. The van der Waals surface area contributed by atoms with Crippen LogP contribution in [0.15, 0.2) is 29.8 Å². The van der Waals surface area contributed by atoms with Gasteiger partial charge in [-0.05, 0) is 31.0 Å². The molecule has 0 saturated heterocycles. The zero-order valence-electron chi connectivity index (χ0n) is 16.6. The van der Waals surface area contributed by atoms with E-state index in [0.717, 1.165) is 25.1 Å². The first-order valence-electron chi connectivity index (χ1n) is 9.64. The highest BCUT2D eigenvalue weighted by Gasteiger charge is 2.29. The van der Waals surface area contributed by atoms with Crippen molar-refractivity contribution in [1.29, 1.82) is 0 Å². The molecule has 3 N–H and O–H groups in total. The summed E-state index contributed by atoms with van der Waals surface area (Å²) in [4.78, 5) is 34.0. The zero-order valence-corrected chi connectivity index (χ0v) is 16.6. The first-order chi connectivity index (χ1) is 14.1. The van der Waals surface area contributed by atoms with E-state index in [4.69, 9.17) is 10.5 Å². The molecular formula is C19H25N7O3. The molecule has 2 heterocycles. The Morgan fingerprint density at radius 1 is 1.31 bits per heavy atom. The number of fused-ring (bicyclic) bond motifs is 1. The fourth-order valence-corrected chi connectivity index (χ4v) is 3.14. The molecule has 1 aromatic carbocycles. The summed E-state index contributed by atoms with van der Waals surface area (Å²) in [6.07, 6.45) is 2.95. The monoisotopic (exact) mass is 399 g/mol. The summed E-state index contributed by atoms with van der Waals surface area (Å²) in [6.45, 7) is 5.84. The molecule has 0 atom stereocenters. The largest absolute Gasteiger partial charge is 0.475 e. The van der Waals surface area contributed by atoms with Crippen LogP contribution in [0.2, 0.25) is 0 Å². The molecule has 0 saturated carbocycles. The summed E-state index contributed by atoms with van der Waals surface area (Å²) < 4.78 is 5.58. The second-order valence-electron chi connectivity index (χ2n) is 6.58. The van der Waals surface area contributed by atoms with Gasteiger partial charge in [-0.1, -0.05) is 13.8 Å². The number of nitrogen functional groups attached to an aromatic ring is 1. The molecule has 0 spiro atoms. The van der Waals surface area contributed by atoms with Crippen molar-refractivity contribution in [2.45, 2.75) is 26.7 Å². The van der Waals surface area contributed by atoms with E-state index in [1.54, 1.807) is 17.0 Å². The molecule has 1 aliphatic heterocycles. The second-order valence-corrected chi connectivity index (χ2v) is 6.58. The summed E-state index contributed by atoms with van der Waals surface area (Å²) in [6, 6.07) is 5.40. The van der Waals surface area contributed by atoms with Gasteiger partial charge in [0, 0.05) is 18.8 Å². The molecule has 10 nitrogen and oxygen atoms in total. The Morgan fingerprint density at radius 2 is 2.14 bits per heavy atom. The molecule has 0 aliphatic carbocycles. The minimum absolute atomic E-state index is 0.0760. The van der Waals surface area contributed by atoms with Crippen molar-refractivity contribution in [3.63, 3.8) is 0 Å². The number of amides is 1. The van der Waals surface area contributed by atoms with Crippen LogP contribution in [0.3, 0.4) is 0 Å². The SMILES string of the molecule is CCCNc1cc(N2CCOc3ncnc(N)c3C2=O)ccc1N(CCC)N=O. The third kappa shape index (κ3) is 4.20. The van der Waals surface area contributed by atoms with E-state index in [9.17, 15) is 9.70 Å². The number of anilines is 4. The summed E-state index contributed by atoms with van der Waals surface area (Å²) >= 11 is 0. The first-order valence-corrected chi connectivity index (χ1v) is 9.64. The van der Waals surface area contributed by atoms with Crippen LogP contribution in [0.25, 0.3) is 0 Å². The highest BCUT2D eigenvalue weighted by atomic mass is 16.5. The summed E-state index contributed by atoms with van der Waals surface area (Å²) in [5.41, 5.74) is 8.11. The van der Waals surface area contributed by atoms with Crippen molar-refractivity contribution in [2.75, 3.05) is 47.2 Å². The molecule has 0 unspecified atom stereocenters. The quantitative estimate of drug-likeness (QED) is 0.512. The Bertz CT molecular complexity index is 890. The van der Waals surface area contributed by atoms with E-state index in [-0.39, 0.29) is 29.8 Å². The molecule has 29 heavy (non-hydrogen) atoms. The van der Waals surface area contributed by atoms with Crippen molar-refractivity contribution in [3.8, 4) is 5.88 Å². The molecule has 1 aliphatic rings. The fraction of sp³-hybridized carbons (Fsp3) is 0.421. The lowest BCUT2D eigenvalue weighted by molar-refractivity contribution is 0.0990. The number of hydrogen-bond donors (Lipinski definition) is 2. The first kappa shape index (κ1) is 20.3. The molecular weight excluding hydrogens is 374 g/mol. The van der Waals surface area contributed by atoms with E-state index >= 15 is 0 Å². The highest BCUT2D eigenvalue weighted by molar-refractivity contribution is 6.11. The lowest BCUT2D eigenvalue weighted by atomic mass is 10.1. The number of hydrogen-bond acceptors (Lipinski definition) is 8. The second kappa shape index (κ2) is 9.18. The zero-order chi connectivity index (χ0) is 20.8. The van der Waals surface area contributed by atoms with Crippen molar-refractivity contribution in [2.24, 2.45) is 5.29 Å². The van der Waals surface area contributed by atoms with Crippen molar-refractivity contribution < 1.29 is 9.53 Å². The molecule has 154 valence electrons. The van der Waals surface area contributed by atoms with E-state index in [0.29, 0.717) is 24.5 Å². The van der Waals surface area contributed by atoms with Gasteiger partial charge in [0.25, 0.3) is 5.91 Å². The van der Waals surface area contributed by atoms with Gasteiger partial charge in [0.2, 0.25) is 5.88 Å². The minimum atomic E-state index is -0.330. The number of rotatable bonds is 8. The van der Waals surface area contributed by atoms with Crippen LogP contribution in [-0.4, -0.2) is 42.1 Å². The van der Waals surface area contributed by atoms with Crippen LogP contribution in [0.1, 0.15) is 37.0 Å². The number of carbonyl (C=O) groups excluding carboxylic acids is 1. The van der Waals surface area contributed by atoms with Crippen LogP contribution in [0.4, 0.5) is 22.9 Å². The van der Waals surface area contributed by atoms with Crippen LogP contribution >= 0.6 is 0 Å². The standard InChI is InChI=1S/C19H25N7O3/c1-3-7-21-14-11-13(5-6-15(14)26(24-28)8-4-2)25-9-10-29-18-16(19(25)27)17(20)22-12-23-18/h5-6,11-12,21H,3-4,7-10H2,1-2H3,(H2,20,22,23). The Labute approximate surface area is 169 Å². The Balaban J connectivity index is 2.00. The van der Waals surface area contributed by atoms with Crippen molar-refractivity contribution in [3.05, 3.63) is 35.0 Å². The Kier molecular flexibility index (Phi) is 6.43. The molecule has 0 fully saturated rings. The smallest absolute Gasteiger partial charge is 0.267 e. The third-order valence-electron chi connectivity index (χ3n) is 4.52. The highest BCUT2D eigenvalue weighted by Crippen LogP contribution is 2.34. The topological polar surface area (TPSA) is 126 Å². The number of aromatic nitrogens is 2. The number of nitroso groups, excluding NO2 is 1. The van der Waals surface area contributed by atoms with Gasteiger partial charge in [-0.15, -0.1) is 4.91 Å². The number of ether oxygens (including phenoxy) is 1. The maximum Gasteiger partial charge on any atom is 0.267 e. The summed E-state index contributed by atoms with van der Waals surface area (Å²) in [5, 5.41) is 7.87. The van der Waals surface area contributed by atoms with Gasteiger partial charge in [-0.3, -0.25) is 4.79 Å². The van der Waals surface area contributed by atoms with Crippen molar-refractivity contribution >= 4 is 28.8 Å². The Morgan fingerprint density at radius 3 is 2.86 bits per heavy atom. The molecule has 2 aromatic rings. The van der Waals surface area contributed by atoms with Gasteiger partial charge in [0.05, 0.1) is 23.2 Å². The van der Waals surface area contributed by atoms with E-state index < -0.39 is 0 Å². The van der Waals surface area contributed by atoms with E-state index in [1.807, 2.05) is 19.9 Å². The van der Waals surface area contributed by atoms with Gasteiger partial charge in [-0.2, -0.15) is 0 Å². The molecule has 1 aromatic heterocycles.